The van der Waals surface area contributed by atoms with Gasteiger partial charge < -0.3 is 4.74 Å². The maximum absolute atomic E-state index is 12.5. The molecule has 0 aliphatic heterocycles. The van der Waals surface area contributed by atoms with Crippen LogP contribution in [0.2, 0.25) is 5.02 Å². The van der Waals surface area contributed by atoms with Gasteiger partial charge in [0.25, 0.3) is 0 Å². The molecule has 21 heavy (non-hydrogen) atoms. The first kappa shape index (κ1) is 16.6. The van der Waals surface area contributed by atoms with E-state index >= 15 is 0 Å². The monoisotopic (exact) mass is 331 g/mol. The first-order valence-corrected chi connectivity index (χ1v) is 9.33. The first-order valence-electron chi connectivity index (χ1n) is 7.47. The van der Waals surface area contributed by atoms with Crippen molar-refractivity contribution in [2.24, 2.45) is 0 Å². The van der Waals surface area contributed by atoms with Crippen molar-refractivity contribution < 1.29 is 13.2 Å². The Labute approximate surface area is 131 Å². The van der Waals surface area contributed by atoms with Gasteiger partial charge in [-0.15, -0.1) is 0 Å². The van der Waals surface area contributed by atoms with Crippen molar-refractivity contribution in [2.45, 2.75) is 56.4 Å². The Morgan fingerprint density at radius 2 is 1.90 bits per heavy atom. The van der Waals surface area contributed by atoms with Crippen LogP contribution in [-0.4, -0.2) is 21.1 Å². The van der Waals surface area contributed by atoms with E-state index in [0.717, 1.165) is 25.7 Å². The van der Waals surface area contributed by atoms with Gasteiger partial charge in [-0.05, 0) is 31.9 Å². The van der Waals surface area contributed by atoms with Gasteiger partial charge in [0.05, 0.1) is 16.5 Å². The van der Waals surface area contributed by atoms with Crippen LogP contribution in [0.1, 0.15) is 45.4 Å². The number of nitrogens with one attached hydrogen (secondary N) is 1. The Kier molecular flexibility index (Phi) is 5.90. The second-order valence-electron chi connectivity index (χ2n) is 5.34. The first-order chi connectivity index (χ1) is 10.0. The third-order valence-electron chi connectivity index (χ3n) is 3.69. The van der Waals surface area contributed by atoms with Crippen LogP contribution in [0, 0.1) is 0 Å². The predicted molar refractivity (Wildman–Crippen MR) is 84.4 cm³/mol. The molecule has 118 valence electrons. The van der Waals surface area contributed by atoms with Crippen LogP contribution < -0.4 is 9.46 Å². The van der Waals surface area contributed by atoms with Crippen molar-refractivity contribution in [1.82, 2.24) is 4.72 Å². The van der Waals surface area contributed by atoms with Gasteiger partial charge in [0, 0.05) is 12.1 Å². The summed E-state index contributed by atoms with van der Waals surface area (Å²) in [7, 11) is -3.52. The molecule has 0 aromatic heterocycles. The van der Waals surface area contributed by atoms with Gasteiger partial charge in [-0.1, -0.05) is 37.3 Å². The molecule has 0 radical (unpaired) electrons. The number of halogens is 1. The molecule has 1 fully saturated rings. The average Bonchev–Trinajstić information content (AvgIpc) is 2.69. The highest BCUT2D eigenvalue weighted by Crippen LogP contribution is 2.28. The maximum Gasteiger partial charge on any atom is 0.240 e. The number of hydrogen-bond acceptors (Lipinski definition) is 3. The second kappa shape index (κ2) is 7.47. The Morgan fingerprint density at radius 3 is 2.52 bits per heavy atom. The van der Waals surface area contributed by atoms with E-state index in [1.165, 1.54) is 25.0 Å². The molecular formula is C15H22ClNO3S. The molecule has 0 atom stereocenters. The van der Waals surface area contributed by atoms with E-state index in [1.54, 1.807) is 6.07 Å². The van der Waals surface area contributed by atoms with Gasteiger partial charge in [-0.25, -0.2) is 13.1 Å². The van der Waals surface area contributed by atoms with Crippen LogP contribution >= 0.6 is 11.6 Å². The quantitative estimate of drug-likeness (QED) is 0.836. The summed E-state index contributed by atoms with van der Waals surface area (Å²) in [5.41, 5.74) is 0. The van der Waals surface area contributed by atoms with Gasteiger partial charge in [0.1, 0.15) is 5.75 Å². The standard InChI is InChI=1S/C15H22ClNO3S/c1-2-20-15-11-13(9-10-14(15)16)21(18,19)17-12-7-5-3-4-6-8-12/h9-12,17H,2-8H2,1H3. The van der Waals surface area contributed by atoms with Crippen molar-refractivity contribution in [3.8, 4) is 5.75 Å². The minimum atomic E-state index is -3.52. The molecule has 0 bridgehead atoms. The molecule has 1 aromatic rings. The topological polar surface area (TPSA) is 55.4 Å². The third kappa shape index (κ3) is 4.59. The molecule has 0 unspecified atom stereocenters. The molecule has 0 heterocycles. The van der Waals surface area contributed by atoms with E-state index in [2.05, 4.69) is 4.72 Å². The van der Waals surface area contributed by atoms with Crippen LogP contribution in [-0.2, 0) is 10.0 Å². The minimum absolute atomic E-state index is 0.0312. The molecule has 1 N–H and O–H groups in total. The molecule has 2 rings (SSSR count). The van der Waals surface area contributed by atoms with Gasteiger partial charge in [-0.3, -0.25) is 0 Å². The Balaban J connectivity index is 2.16. The summed E-state index contributed by atoms with van der Waals surface area (Å²) in [6.45, 7) is 2.28. The summed E-state index contributed by atoms with van der Waals surface area (Å²) in [5, 5.41) is 0.422. The zero-order chi connectivity index (χ0) is 15.3. The van der Waals surface area contributed by atoms with E-state index in [1.807, 2.05) is 6.92 Å². The fraction of sp³-hybridized carbons (Fsp3) is 0.600. The number of rotatable bonds is 5. The molecule has 1 saturated carbocycles. The highest BCUT2D eigenvalue weighted by Gasteiger charge is 2.22. The molecule has 0 spiro atoms. The Hall–Kier alpha value is -0.780. The van der Waals surface area contributed by atoms with Crippen molar-refractivity contribution in [2.75, 3.05) is 6.61 Å². The number of benzene rings is 1. The van der Waals surface area contributed by atoms with Crippen LogP contribution in [0.4, 0.5) is 0 Å². The van der Waals surface area contributed by atoms with Gasteiger partial charge in [-0.2, -0.15) is 0 Å². The largest absolute Gasteiger partial charge is 0.492 e. The SMILES string of the molecule is CCOc1cc(S(=O)(=O)NC2CCCCCC2)ccc1Cl. The molecule has 4 nitrogen and oxygen atoms in total. The molecule has 0 saturated heterocycles. The third-order valence-corrected chi connectivity index (χ3v) is 5.52. The van der Waals surface area contributed by atoms with Gasteiger partial charge in [0.15, 0.2) is 0 Å². The van der Waals surface area contributed by atoms with Gasteiger partial charge in [0.2, 0.25) is 10.0 Å². The van der Waals surface area contributed by atoms with Crippen molar-refractivity contribution in [1.29, 1.82) is 0 Å². The molecule has 1 aliphatic carbocycles. The molecular weight excluding hydrogens is 310 g/mol. The summed E-state index contributed by atoms with van der Waals surface area (Å²) >= 11 is 6.00. The van der Waals surface area contributed by atoms with E-state index in [-0.39, 0.29) is 10.9 Å². The zero-order valence-electron chi connectivity index (χ0n) is 12.3. The highest BCUT2D eigenvalue weighted by molar-refractivity contribution is 7.89. The zero-order valence-corrected chi connectivity index (χ0v) is 13.8. The lowest BCUT2D eigenvalue weighted by Crippen LogP contribution is -2.34. The normalized spacial score (nSPS) is 17.4. The van der Waals surface area contributed by atoms with E-state index in [9.17, 15) is 8.42 Å². The lowest BCUT2D eigenvalue weighted by molar-refractivity contribution is 0.339. The van der Waals surface area contributed by atoms with Crippen LogP contribution in [0.15, 0.2) is 23.1 Å². The molecule has 1 aromatic carbocycles. The van der Waals surface area contributed by atoms with Crippen molar-refractivity contribution in [3.63, 3.8) is 0 Å². The number of sulfonamides is 1. The van der Waals surface area contributed by atoms with Crippen molar-refractivity contribution >= 4 is 21.6 Å². The Bertz CT molecular complexity index is 566. The summed E-state index contributed by atoms with van der Waals surface area (Å²) in [6.07, 6.45) is 6.35. The average molecular weight is 332 g/mol. The smallest absolute Gasteiger partial charge is 0.240 e. The number of ether oxygens (including phenoxy) is 1. The molecule has 6 heteroatoms. The maximum atomic E-state index is 12.5. The van der Waals surface area contributed by atoms with E-state index in [4.69, 9.17) is 16.3 Å². The number of hydrogen-bond donors (Lipinski definition) is 1. The minimum Gasteiger partial charge on any atom is -0.492 e. The summed E-state index contributed by atoms with van der Waals surface area (Å²) in [4.78, 5) is 0.208. The summed E-state index contributed by atoms with van der Waals surface area (Å²) in [6, 6.07) is 4.60. The summed E-state index contributed by atoms with van der Waals surface area (Å²) < 4.78 is 33.1. The molecule has 0 amide bonds. The highest BCUT2D eigenvalue weighted by atomic mass is 35.5. The predicted octanol–water partition coefficient (Wildman–Crippen LogP) is 3.74. The van der Waals surface area contributed by atoms with E-state index in [0.29, 0.717) is 17.4 Å². The molecule has 1 aliphatic rings. The van der Waals surface area contributed by atoms with Crippen LogP contribution in [0.3, 0.4) is 0 Å². The lowest BCUT2D eigenvalue weighted by Gasteiger charge is -2.17. The van der Waals surface area contributed by atoms with Crippen molar-refractivity contribution in [3.05, 3.63) is 23.2 Å². The van der Waals surface area contributed by atoms with Gasteiger partial charge >= 0.3 is 0 Å². The lowest BCUT2D eigenvalue weighted by atomic mass is 10.1. The van der Waals surface area contributed by atoms with Crippen LogP contribution in [0.5, 0.6) is 5.75 Å². The Morgan fingerprint density at radius 1 is 1.24 bits per heavy atom. The fourth-order valence-electron chi connectivity index (χ4n) is 2.60. The van der Waals surface area contributed by atoms with E-state index < -0.39 is 10.0 Å². The van der Waals surface area contributed by atoms with Crippen LogP contribution in [0.25, 0.3) is 0 Å². The second-order valence-corrected chi connectivity index (χ2v) is 7.46. The fourth-order valence-corrected chi connectivity index (χ4v) is 4.09. The summed E-state index contributed by atoms with van der Waals surface area (Å²) in [5.74, 6) is 0.405.